The summed E-state index contributed by atoms with van der Waals surface area (Å²) in [7, 11) is 0. The molecule has 1 aliphatic carbocycles. The minimum atomic E-state index is 0.693. The molecule has 0 aliphatic heterocycles. The average Bonchev–Trinajstić information content (AvgIpc) is 2.58. The van der Waals surface area contributed by atoms with Crippen molar-refractivity contribution >= 4 is 0 Å². The molecular weight excluding hydrogens is 148 g/mol. The second-order valence-corrected chi connectivity index (χ2v) is 3.96. The molecule has 0 spiro atoms. The van der Waals surface area contributed by atoms with Crippen LogP contribution >= 0.6 is 0 Å². The fourth-order valence-electron chi connectivity index (χ4n) is 2.22. The van der Waals surface area contributed by atoms with Gasteiger partial charge in [0.15, 0.2) is 0 Å². The van der Waals surface area contributed by atoms with E-state index in [1.807, 2.05) is 6.92 Å². The highest BCUT2D eigenvalue weighted by molar-refractivity contribution is 5.12. The van der Waals surface area contributed by atoms with E-state index in [1.54, 1.807) is 0 Å². The first-order valence-corrected chi connectivity index (χ1v) is 4.83. The highest BCUT2D eigenvalue weighted by atomic mass is 16.3. The molecule has 1 aliphatic rings. The summed E-state index contributed by atoms with van der Waals surface area (Å²) in [6.45, 7) is 4.35. The molecular formula is C11H16O. The highest BCUT2D eigenvalue weighted by Gasteiger charge is 2.26. The molecule has 1 heteroatoms. The third-order valence-corrected chi connectivity index (χ3v) is 2.99. The monoisotopic (exact) mass is 164 g/mol. The van der Waals surface area contributed by atoms with Crippen molar-refractivity contribution in [2.45, 2.75) is 39.0 Å². The van der Waals surface area contributed by atoms with E-state index in [0.717, 1.165) is 11.7 Å². The first-order chi connectivity index (χ1) is 5.77. The smallest absolute Gasteiger partial charge is 0.107 e. The summed E-state index contributed by atoms with van der Waals surface area (Å²) >= 11 is 0. The van der Waals surface area contributed by atoms with Crippen molar-refractivity contribution < 1.29 is 4.42 Å². The van der Waals surface area contributed by atoms with E-state index in [9.17, 15) is 0 Å². The molecule has 1 fully saturated rings. The van der Waals surface area contributed by atoms with Gasteiger partial charge in [0.2, 0.25) is 0 Å². The molecule has 0 bridgehead atoms. The van der Waals surface area contributed by atoms with Crippen LogP contribution in [0.4, 0.5) is 0 Å². The van der Waals surface area contributed by atoms with Gasteiger partial charge in [0.1, 0.15) is 11.5 Å². The maximum Gasteiger partial charge on any atom is 0.107 e. The van der Waals surface area contributed by atoms with Crippen molar-refractivity contribution in [3.63, 3.8) is 0 Å². The minimum Gasteiger partial charge on any atom is -0.466 e. The summed E-state index contributed by atoms with van der Waals surface area (Å²) in [4.78, 5) is 0. The number of furan rings is 1. The van der Waals surface area contributed by atoms with Crippen LogP contribution in [0.5, 0.6) is 0 Å². The third-order valence-electron chi connectivity index (χ3n) is 2.99. The molecule has 2 rings (SSSR count). The van der Waals surface area contributed by atoms with Gasteiger partial charge in [0.05, 0.1) is 0 Å². The first-order valence-electron chi connectivity index (χ1n) is 4.83. The summed E-state index contributed by atoms with van der Waals surface area (Å²) in [5.74, 6) is 3.76. The topological polar surface area (TPSA) is 13.1 Å². The maximum absolute atomic E-state index is 5.64. The summed E-state index contributed by atoms with van der Waals surface area (Å²) in [6.07, 6.45) is 4.05. The molecule has 1 aromatic rings. The van der Waals surface area contributed by atoms with Crippen molar-refractivity contribution in [3.8, 4) is 0 Å². The molecule has 1 aromatic heterocycles. The van der Waals surface area contributed by atoms with Crippen LogP contribution in [0.15, 0.2) is 16.5 Å². The van der Waals surface area contributed by atoms with E-state index in [4.69, 9.17) is 4.42 Å². The van der Waals surface area contributed by atoms with Crippen LogP contribution in [0, 0.1) is 12.8 Å². The lowest BCUT2D eigenvalue weighted by Gasteiger charge is -2.11. The zero-order chi connectivity index (χ0) is 8.55. The Labute approximate surface area is 73.8 Å². The SMILES string of the molecule is Cc1ccc(C2CCCC2C)o1. The highest BCUT2D eigenvalue weighted by Crippen LogP contribution is 2.39. The maximum atomic E-state index is 5.64. The van der Waals surface area contributed by atoms with Crippen molar-refractivity contribution in [2.24, 2.45) is 5.92 Å². The van der Waals surface area contributed by atoms with Gasteiger partial charge in [-0.25, -0.2) is 0 Å². The van der Waals surface area contributed by atoms with Crippen LogP contribution < -0.4 is 0 Å². The summed E-state index contributed by atoms with van der Waals surface area (Å²) in [6, 6.07) is 4.21. The van der Waals surface area contributed by atoms with Crippen LogP contribution in [-0.2, 0) is 0 Å². The van der Waals surface area contributed by atoms with Crippen molar-refractivity contribution in [1.29, 1.82) is 0 Å². The van der Waals surface area contributed by atoms with Crippen molar-refractivity contribution in [3.05, 3.63) is 23.7 Å². The Balaban J connectivity index is 2.19. The molecule has 12 heavy (non-hydrogen) atoms. The van der Waals surface area contributed by atoms with E-state index in [1.165, 1.54) is 25.0 Å². The fraction of sp³-hybridized carbons (Fsp3) is 0.636. The van der Waals surface area contributed by atoms with Gasteiger partial charge in [-0.3, -0.25) is 0 Å². The van der Waals surface area contributed by atoms with Gasteiger partial charge < -0.3 is 4.42 Å². The third kappa shape index (κ3) is 1.28. The number of hydrogen-bond donors (Lipinski definition) is 0. The molecule has 0 radical (unpaired) electrons. The Kier molecular flexibility index (Phi) is 1.95. The molecule has 2 atom stereocenters. The van der Waals surface area contributed by atoms with Crippen LogP contribution in [0.3, 0.4) is 0 Å². The Hall–Kier alpha value is -0.720. The van der Waals surface area contributed by atoms with E-state index < -0.39 is 0 Å². The van der Waals surface area contributed by atoms with E-state index >= 15 is 0 Å². The minimum absolute atomic E-state index is 0.693. The lowest BCUT2D eigenvalue weighted by atomic mass is 9.96. The Morgan fingerprint density at radius 3 is 2.67 bits per heavy atom. The van der Waals surface area contributed by atoms with Gasteiger partial charge in [-0.2, -0.15) is 0 Å². The molecule has 1 saturated carbocycles. The largest absolute Gasteiger partial charge is 0.466 e. The molecule has 0 N–H and O–H groups in total. The van der Waals surface area contributed by atoms with Crippen molar-refractivity contribution in [2.75, 3.05) is 0 Å². The van der Waals surface area contributed by atoms with E-state index in [2.05, 4.69) is 19.1 Å². The second kappa shape index (κ2) is 2.96. The Morgan fingerprint density at radius 1 is 1.33 bits per heavy atom. The van der Waals surface area contributed by atoms with Gasteiger partial charge in [-0.15, -0.1) is 0 Å². The molecule has 66 valence electrons. The Morgan fingerprint density at radius 2 is 2.17 bits per heavy atom. The van der Waals surface area contributed by atoms with Crippen LogP contribution in [-0.4, -0.2) is 0 Å². The summed E-state index contributed by atoms with van der Waals surface area (Å²) in [5, 5.41) is 0. The second-order valence-electron chi connectivity index (χ2n) is 3.96. The zero-order valence-corrected chi connectivity index (χ0v) is 7.84. The van der Waals surface area contributed by atoms with Crippen molar-refractivity contribution in [1.82, 2.24) is 0 Å². The summed E-state index contributed by atoms with van der Waals surface area (Å²) < 4.78 is 5.64. The number of hydrogen-bond acceptors (Lipinski definition) is 1. The molecule has 2 unspecified atom stereocenters. The van der Waals surface area contributed by atoms with E-state index in [0.29, 0.717) is 5.92 Å². The summed E-state index contributed by atoms with van der Waals surface area (Å²) in [5.41, 5.74) is 0. The van der Waals surface area contributed by atoms with Gasteiger partial charge in [-0.05, 0) is 37.8 Å². The molecule has 0 amide bonds. The molecule has 1 nitrogen and oxygen atoms in total. The predicted octanol–water partition coefficient (Wildman–Crippen LogP) is 3.49. The fourth-order valence-corrected chi connectivity index (χ4v) is 2.22. The van der Waals surface area contributed by atoms with Crippen LogP contribution in [0.1, 0.15) is 43.6 Å². The molecule has 0 saturated heterocycles. The van der Waals surface area contributed by atoms with E-state index in [-0.39, 0.29) is 0 Å². The molecule has 1 heterocycles. The Bertz CT molecular complexity index is 262. The molecule has 0 aromatic carbocycles. The normalized spacial score (nSPS) is 29.5. The number of rotatable bonds is 1. The standard InChI is InChI=1S/C11H16O/c1-8-4-3-5-10(8)11-7-6-9(2)12-11/h6-8,10H,3-5H2,1-2H3. The first kappa shape index (κ1) is 7.90. The van der Waals surface area contributed by atoms with Gasteiger partial charge in [0.25, 0.3) is 0 Å². The number of aryl methyl sites for hydroxylation is 1. The lowest BCUT2D eigenvalue weighted by molar-refractivity contribution is 0.402. The van der Waals surface area contributed by atoms with Gasteiger partial charge in [0, 0.05) is 5.92 Å². The van der Waals surface area contributed by atoms with Crippen LogP contribution in [0.2, 0.25) is 0 Å². The average molecular weight is 164 g/mol. The predicted molar refractivity (Wildman–Crippen MR) is 49.2 cm³/mol. The van der Waals surface area contributed by atoms with Gasteiger partial charge >= 0.3 is 0 Å². The van der Waals surface area contributed by atoms with Gasteiger partial charge in [-0.1, -0.05) is 13.3 Å². The quantitative estimate of drug-likeness (QED) is 0.619. The van der Waals surface area contributed by atoms with Crippen LogP contribution in [0.25, 0.3) is 0 Å². The lowest BCUT2D eigenvalue weighted by Crippen LogP contribution is -1.99. The zero-order valence-electron chi connectivity index (χ0n) is 7.84.